The number of carboxylic acid groups (broad SMARTS) is 2. The number of hydrogen-bond acceptors (Lipinski definition) is 2. The molecular weight excluding hydrogens is 352 g/mol. The topological polar surface area (TPSA) is 74.6 Å². The minimum atomic E-state index is -0.960. The van der Waals surface area contributed by atoms with Crippen LogP contribution in [0.1, 0.15) is 60.8 Å². The Bertz CT molecular complexity index is 762. The first kappa shape index (κ1) is 21.2. The lowest BCUT2D eigenvalue weighted by atomic mass is 9.86. The highest BCUT2D eigenvalue weighted by molar-refractivity contribution is 5.85. The van der Waals surface area contributed by atoms with Crippen LogP contribution >= 0.6 is 0 Å². The Balaban J connectivity index is 2.23. The van der Waals surface area contributed by atoms with Crippen molar-refractivity contribution in [2.75, 3.05) is 0 Å². The summed E-state index contributed by atoms with van der Waals surface area (Å²) in [6.45, 7) is 2.18. The molecule has 0 aromatic heterocycles. The molecule has 2 aromatic carbocycles. The van der Waals surface area contributed by atoms with Crippen molar-refractivity contribution in [3.05, 3.63) is 82.9 Å². The maximum absolute atomic E-state index is 10.7. The van der Waals surface area contributed by atoms with Crippen LogP contribution in [0.3, 0.4) is 0 Å². The monoisotopic (exact) mass is 378 g/mol. The Kier molecular flexibility index (Phi) is 8.22. The fourth-order valence-corrected chi connectivity index (χ4v) is 3.14. The van der Waals surface area contributed by atoms with Gasteiger partial charge in [-0.1, -0.05) is 74.7 Å². The molecule has 0 saturated carbocycles. The van der Waals surface area contributed by atoms with Gasteiger partial charge in [-0.2, -0.15) is 0 Å². The molecule has 0 saturated heterocycles. The molecule has 0 unspecified atom stereocenters. The van der Waals surface area contributed by atoms with Crippen LogP contribution in [-0.4, -0.2) is 22.2 Å². The Morgan fingerprint density at radius 1 is 0.786 bits per heavy atom. The second kappa shape index (κ2) is 10.9. The van der Waals surface area contributed by atoms with Gasteiger partial charge in [-0.3, -0.25) is 0 Å². The zero-order valence-corrected chi connectivity index (χ0v) is 16.0. The molecule has 0 aliphatic heterocycles. The van der Waals surface area contributed by atoms with Crippen LogP contribution in [-0.2, 0) is 9.59 Å². The predicted molar refractivity (Wildman–Crippen MR) is 112 cm³/mol. The third kappa shape index (κ3) is 6.88. The summed E-state index contributed by atoms with van der Waals surface area (Å²) in [5.74, 6) is -1.67. The summed E-state index contributed by atoms with van der Waals surface area (Å²) in [5, 5.41) is 17.5. The highest BCUT2D eigenvalue weighted by Gasteiger charge is 2.14. The van der Waals surface area contributed by atoms with Crippen molar-refractivity contribution in [2.45, 2.75) is 38.5 Å². The van der Waals surface area contributed by atoms with Gasteiger partial charge in [0.15, 0.2) is 0 Å². The van der Waals surface area contributed by atoms with Crippen molar-refractivity contribution in [3.63, 3.8) is 0 Å². The highest BCUT2D eigenvalue weighted by Crippen LogP contribution is 2.31. The number of hydrogen-bond donors (Lipinski definition) is 2. The third-order valence-corrected chi connectivity index (χ3v) is 4.61. The average molecular weight is 378 g/mol. The quantitative estimate of drug-likeness (QED) is 0.417. The zero-order chi connectivity index (χ0) is 20.4. The second-order valence-corrected chi connectivity index (χ2v) is 6.72. The van der Waals surface area contributed by atoms with Gasteiger partial charge in [-0.05, 0) is 40.8 Å². The predicted octanol–water partition coefficient (Wildman–Crippen LogP) is 5.59. The minimum Gasteiger partial charge on any atom is -0.478 e. The summed E-state index contributed by atoms with van der Waals surface area (Å²) >= 11 is 0. The molecule has 28 heavy (non-hydrogen) atoms. The van der Waals surface area contributed by atoms with Crippen LogP contribution in [0.2, 0.25) is 0 Å². The summed E-state index contributed by atoms with van der Waals surface area (Å²) in [4.78, 5) is 21.3. The fourth-order valence-electron chi connectivity index (χ4n) is 3.14. The van der Waals surface area contributed by atoms with Crippen LogP contribution in [0.4, 0.5) is 0 Å². The van der Waals surface area contributed by atoms with E-state index in [4.69, 9.17) is 10.2 Å². The molecular formula is C24H26O4. The van der Waals surface area contributed by atoms with Crippen molar-refractivity contribution >= 4 is 24.1 Å². The molecule has 4 heteroatoms. The first-order valence-corrected chi connectivity index (χ1v) is 9.51. The number of carbonyl (C=O) groups is 2. The van der Waals surface area contributed by atoms with Crippen molar-refractivity contribution in [1.82, 2.24) is 0 Å². The number of carboxylic acids is 2. The van der Waals surface area contributed by atoms with E-state index in [1.807, 2.05) is 24.3 Å². The third-order valence-electron chi connectivity index (χ3n) is 4.61. The molecule has 0 amide bonds. The molecule has 0 heterocycles. The maximum atomic E-state index is 10.7. The van der Waals surface area contributed by atoms with Gasteiger partial charge in [-0.15, -0.1) is 0 Å². The zero-order valence-electron chi connectivity index (χ0n) is 16.0. The van der Waals surface area contributed by atoms with Gasteiger partial charge in [0.2, 0.25) is 0 Å². The van der Waals surface area contributed by atoms with Gasteiger partial charge in [-0.25, -0.2) is 9.59 Å². The van der Waals surface area contributed by atoms with Crippen LogP contribution in [0.15, 0.2) is 60.7 Å². The first-order valence-electron chi connectivity index (χ1n) is 9.51. The molecule has 2 N–H and O–H groups in total. The van der Waals surface area contributed by atoms with Crippen molar-refractivity contribution in [2.24, 2.45) is 0 Å². The molecule has 0 bridgehead atoms. The molecule has 0 spiro atoms. The highest BCUT2D eigenvalue weighted by atomic mass is 16.4. The van der Waals surface area contributed by atoms with E-state index in [-0.39, 0.29) is 5.92 Å². The molecule has 4 nitrogen and oxygen atoms in total. The lowest BCUT2D eigenvalue weighted by Crippen LogP contribution is -2.02. The Labute approximate surface area is 165 Å². The van der Waals surface area contributed by atoms with E-state index in [1.165, 1.54) is 17.5 Å². The van der Waals surface area contributed by atoms with Crippen LogP contribution in [0, 0.1) is 0 Å². The fraction of sp³-hybridized carbons (Fsp3) is 0.250. The van der Waals surface area contributed by atoms with Crippen molar-refractivity contribution < 1.29 is 19.8 Å². The summed E-state index contributed by atoms with van der Waals surface area (Å²) in [5.41, 5.74) is 4.09. The van der Waals surface area contributed by atoms with E-state index in [0.717, 1.165) is 42.5 Å². The smallest absolute Gasteiger partial charge is 0.328 e. The van der Waals surface area contributed by atoms with E-state index in [1.54, 1.807) is 12.2 Å². The van der Waals surface area contributed by atoms with Gasteiger partial charge in [0.05, 0.1) is 0 Å². The molecule has 0 aliphatic carbocycles. The minimum absolute atomic E-state index is 0.251. The number of aliphatic carboxylic acids is 2. The lowest BCUT2D eigenvalue weighted by Gasteiger charge is -2.18. The molecule has 2 aromatic rings. The molecule has 146 valence electrons. The first-order chi connectivity index (χ1) is 13.5. The normalized spacial score (nSPS) is 12.5. The molecule has 0 aliphatic rings. The molecule has 0 fully saturated rings. The Morgan fingerprint density at radius 2 is 1.21 bits per heavy atom. The molecule has 2 rings (SSSR count). The summed E-state index contributed by atoms with van der Waals surface area (Å²) in [7, 11) is 0. The van der Waals surface area contributed by atoms with E-state index in [9.17, 15) is 9.59 Å². The average Bonchev–Trinajstić information content (AvgIpc) is 2.69. The van der Waals surface area contributed by atoms with Gasteiger partial charge < -0.3 is 10.2 Å². The van der Waals surface area contributed by atoms with Crippen molar-refractivity contribution in [1.29, 1.82) is 0 Å². The van der Waals surface area contributed by atoms with Gasteiger partial charge in [0, 0.05) is 18.1 Å². The maximum Gasteiger partial charge on any atom is 0.328 e. The van der Waals surface area contributed by atoms with Crippen LogP contribution in [0.5, 0.6) is 0 Å². The Morgan fingerprint density at radius 3 is 1.57 bits per heavy atom. The van der Waals surface area contributed by atoms with Gasteiger partial charge in [0.1, 0.15) is 0 Å². The van der Waals surface area contributed by atoms with E-state index >= 15 is 0 Å². The van der Waals surface area contributed by atoms with E-state index in [2.05, 4.69) is 31.2 Å². The standard InChI is InChI=1S/C24H26O4/c1-2-3-4-5-22(20-12-6-18(7-13-20)10-16-23(25)26)21-14-8-19(9-15-21)11-17-24(27)28/h6-17,22H,2-5H2,1H3,(H,25,26)(H,27,28). The van der Waals surface area contributed by atoms with Crippen LogP contribution in [0.25, 0.3) is 12.2 Å². The summed E-state index contributed by atoms with van der Waals surface area (Å²) < 4.78 is 0. The largest absolute Gasteiger partial charge is 0.478 e. The summed E-state index contributed by atoms with van der Waals surface area (Å²) in [6.07, 6.45) is 9.93. The SMILES string of the molecule is CCCCCC(c1ccc(C=CC(=O)O)cc1)c1ccc(C=CC(=O)O)cc1. The second-order valence-electron chi connectivity index (χ2n) is 6.72. The molecule has 0 atom stereocenters. The summed E-state index contributed by atoms with van der Waals surface area (Å²) in [6, 6.07) is 16.0. The lowest BCUT2D eigenvalue weighted by molar-refractivity contribution is -0.132. The van der Waals surface area contributed by atoms with Crippen LogP contribution < -0.4 is 0 Å². The van der Waals surface area contributed by atoms with Gasteiger partial charge >= 0.3 is 11.9 Å². The number of unbranched alkanes of at least 4 members (excludes halogenated alkanes) is 2. The Hall–Kier alpha value is -3.14. The van der Waals surface area contributed by atoms with E-state index in [0.29, 0.717) is 0 Å². The number of benzene rings is 2. The van der Waals surface area contributed by atoms with Gasteiger partial charge in [0.25, 0.3) is 0 Å². The van der Waals surface area contributed by atoms with E-state index < -0.39 is 11.9 Å². The number of rotatable bonds is 10. The molecule has 0 radical (unpaired) electrons. The van der Waals surface area contributed by atoms with Crippen molar-refractivity contribution in [3.8, 4) is 0 Å².